The van der Waals surface area contributed by atoms with Crippen LogP contribution in [-0.2, 0) is 0 Å². The molecule has 0 aliphatic heterocycles. The van der Waals surface area contributed by atoms with Crippen molar-refractivity contribution in [1.82, 2.24) is 0 Å². The first-order valence-electron chi connectivity index (χ1n) is 0.775. The van der Waals surface area contributed by atoms with E-state index >= 15 is 0 Å². The molecule has 6 heteroatoms. The van der Waals surface area contributed by atoms with E-state index in [2.05, 4.69) is 0 Å². The Kier molecular flexibility index (Phi) is 25.8. The van der Waals surface area contributed by atoms with Gasteiger partial charge in [0.15, 0.2) is 17.4 Å². The molecule has 0 bridgehead atoms. The molecule has 0 fully saturated rings. The Morgan fingerprint density at radius 2 is 1.00 bits per heavy atom. The zero-order valence-electron chi connectivity index (χ0n) is 2.25. The topological polar surface area (TPSA) is 60.7 Å². The molecule has 0 aromatic rings. The average Bonchev–Trinajstić information content (AvgIpc) is 0.811. The summed E-state index contributed by atoms with van der Waals surface area (Å²) in [5, 5.41) is 21.5. The van der Waals surface area contributed by atoms with Crippen LogP contribution in [0.2, 0.25) is 0 Å². The maximum Gasteiger partial charge on any atom is 0.631 e. The summed E-state index contributed by atoms with van der Waals surface area (Å²) in [6.07, 6.45) is 0. The van der Waals surface area contributed by atoms with Crippen molar-refractivity contribution < 1.29 is 53.7 Å². The van der Waals surface area contributed by atoms with Crippen molar-refractivity contribution in [3.63, 3.8) is 0 Å². The standard InChI is InChI=1S/Al.BH3O3.Tb.3H/c;2-1(3)4;;;;/h;2-4H;;;;. The van der Waals surface area contributed by atoms with E-state index in [1.807, 2.05) is 0 Å². The Bertz CT molecular complexity index is 15.5. The van der Waals surface area contributed by atoms with Crippen LogP contribution in [0.25, 0.3) is 0 Å². The van der Waals surface area contributed by atoms with E-state index in [4.69, 9.17) is 15.1 Å². The monoisotopic (exact) mass is 251 g/mol. The van der Waals surface area contributed by atoms with Gasteiger partial charge in [0, 0.05) is 38.6 Å². The van der Waals surface area contributed by atoms with Crippen LogP contribution >= 0.6 is 0 Å². The third-order valence-corrected chi connectivity index (χ3v) is 0. The maximum absolute atomic E-state index is 7.17. The van der Waals surface area contributed by atoms with Crippen LogP contribution < -0.4 is 0 Å². The Morgan fingerprint density at radius 1 is 1.00 bits per heavy atom. The van der Waals surface area contributed by atoms with Crippen molar-refractivity contribution in [2.24, 2.45) is 0 Å². The predicted molar refractivity (Wildman–Crippen MR) is 22.3 cm³/mol. The second-order valence-electron chi connectivity index (χ2n) is 0.346. The Balaban J connectivity index is -0.0000000450. The molecule has 6 heavy (non-hydrogen) atoms. The summed E-state index contributed by atoms with van der Waals surface area (Å²) in [5.41, 5.74) is 0. The summed E-state index contributed by atoms with van der Waals surface area (Å²) in [5.74, 6) is 0. The Morgan fingerprint density at radius 3 is 1.00 bits per heavy atom. The maximum atomic E-state index is 7.17. The third-order valence-electron chi connectivity index (χ3n) is 0. The van der Waals surface area contributed by atoms with Gasteiger partial charge in [0.2, 0.25) is 0 Å². The van der Waals surface area contributed by atoms with E-state index in [-0.39, 0.29) is 56.0 Å². The number of hydrogen-bond donors (Lipinski definition) is 3. The Hall–Kier alpha value is 1.76. The van der Waals surface area contributed by atoms with E-state index in [1.54, 1.807) is 0 Å². The molecule has 0 aliphatic carbocycles. The van der Waals surface area contributed by atoms with Crippen LogP contribution in [0.4, 0.5) is 0 Å². The molecule has 0 atom stereocenters. The first-order valence-corrected chi connectivity index (χ1v) is 0.775. The van der Waals surface area contributed by atoms with Gasteiger partial charge in [-0.3, -0.25) is 0 Å². The minimum atomic E-state index is -2.17. The van der Waals surface area contributed by atoms with Crippen LogP contribution in [0.1, 0.15) is 0 Å². The molecule has 39 valence electrons. The molecule has 0 aliphatic rings. The molecule has 3 nitrogen and oxygen atoms in total. The van der Waals surface area contributed by atoms with E-state index in [1.165, 1.54) is 0 Å². The number of hydrogen-bond acceptors (Lipinski definition) is 3. The molecule has 0 heterocycles. The molecule has 3 N–H and O–H groups in total. The number of rotatable bonds is 0. The van der Waals surface area contributed by atoms with Crippen molar-refractivity contribution in [3.8, 4) is 0 Å². The normalized spacial score (nSPS) is 4.50. The SMILES string of the molecule is OB(O)O.[AlH3].[Tb]. The van der Waals surface area contributed by atoms with Crippen LogP contribution in [0.3, 0.4) is 0 Å². The zero-order valence-corrected chi connectivity index (χ0v) is 4.39. The summed E-state index contributed by atoms with van der Waals surface area (Å²) < 4.78 is 0. The van der Waals surface area contributed by atoms with E-state index < -0.39 is 7.32 Å². The van der Waals surface area contributed by atoms with Gasteiger partial charge in [-0.1, -0.05) is 0 Å². The van der Waals surface area contributed by atoms with Crippen molar-refractivity contribution >= 4 is 24.7 Å². The first-order chi connectivity index (χ1) is 1.73. The van der Waals surface area contributed by atoms with Gasteiger partial charge in [0.1, 0.15) is 0 Å². The average molecular weight is 251 g/mol. The molecular formula is H6AlBO3Tb. The molecule has 0 rings (SSSR count). The Labute approximate surface area is 77.5 Å². The molecule has 0 aromatic heterocycles. The van der Waals surface area contributed by atoms with Gasteiger partial charge >= 0.3 is 7.32 Å². The molecule has 0 spiro atoms. The fourth-order valence-corrected chi connectivity index (χ4v) is 0. The van der Waals surface area contributed by atoms with Gasteiger partial charge in [-0.25, -0.2) is 0 Å². The van der Waals surface area contributed by atoms with Crippen molar-refractivity contribution in [2.75, 3.05) is 0 Å². The summed E-state index contributed by atoms with van der Waals surface area (Å²) >= 11 is 0. The summed E-state index contributed by atoms with van der Waals surface area (Å²) in [7, 11) is -2.17. The second-order valence-corrected chi connectivity index (χ2v) is 0.346. The third kappa shape index (κ3) is 42.1. The molecule has 0 unspecified atom stereocenters. The van der Waals surface area contributed by atoms with Crippen molar-refractivity contribution in [2.45, 2.75) is 0 Å². The molecule has 0 saturated carbocycles. The van der Waals surface area contributed by atoms with E-state index in [0.717, 1.165) is 0 Å². The summed E-state index contributed by atoms with van der Waals surface area (Å²) in [6, 6.07) is 0. The van der Waals surface area contributed by atoms with Crippen molar-refractivity contribution in [1.29, 1.82) is 0 Å². The van der Waals surface area contributed by atoms with Crippen LogP contribution in [0, 0.1) is 38.6 Å². The van der Waals surface area contributed by atoms with Gasteiger partial charge in [0.05, 0.1) is 0 Å². The summed E-state index contributed by atoms with van der Waals surface area (Å²) in [4.78, 5) is 0. The molecule has 0 saturated heterocycles. The van der Waals surface area contributed by atoms with Crippen LogP contribution in [0.15, 0.2) is 0 Å². The smallest absolute Gasteiger partial charge is 0.402 e. The van der Waals surface area contributed by atoms with E-state index in [9.17, 15) is 0 Å². The molecule has 1 radical (unpaired) electrons. The van der Waals surface area contributed by atoms with E-state index in [0.29, 0.717) is 0 Å². The van der Waals surface area contributed by atoms with Gasteiger partial charge in [-0.2, -0.15) is 0 Å². The van der Waals surface area contributed by atoms with Gasteiger partial charge in [-0.05, 0) is 0 Å². The van der Waals surface area contributed by atoms with Gasteiger partial charge in [0.25, 0.3) is 0 Å². The van der Waals surface area contributed by atoms with Crippen LogP contribution in [-0.4, -0.2) is 39.8 Å². The van der Waals surface area contributed by atoms with Gasteiger partial charge < -0.3 is 15.1 Å². The van der Waals surface area contributed by atoms with Gasteiger partial charge in [-0.15, -0.1) is 0 Å². The fourth-order valence-electron chi connectivity index (χ4n) is 0. The summed E-state index contributed by atoms with van der Waals surface area (Å²) in [6.45, 7) is 0. The first kappa shape index (κ1) is 15.7. The second kappa shape index (κ2) is 9.90. The largest absolute Gasteiger partial charge is 0.631 e. The fraction of sp³-hybridized carbons (Fsp3) is 0. The van der Waals surface area contributed by atoms with Crippen LogP contribution in [0.5, 0.6) is 0 Å². The predicted octanol–water partition coefficient (Wildman–Crippen LogP) is -3.24. The minimum absolute atomic E-state index is 0. The quantitative estimate of drug-likeness (QED) is 0.396. The minimum Gasteiger partial charge on any atom is -0.402 e. The molecule has 0 aromatic carbocycles. The molecular weight excluding hydrogens is 245 g/mol. The van der Waals surface area contributed by atoms with Crippen molar-refractivity contribution in [3.05, 3.63) is 0 Å². The zero-order chi connectivity index (χ0) is 3.58. The molecule has 0 amide bonds.